The zero-order chi connectivity index (χ0) is 27.7. The van der Waals surface area contributed by atoms with Gasteiger partial charge < -0.3 is 15.7 Å². The third-order valence-corrected chi connectivity index (χ3v) is 6.40. The van der Waals surface area contributed by atoms with E-state index in [-0.39, 0.29) is 12.2 Å². The topological polar surface area (TPSA) is 95.5 Å². The molecule has 38 heavy (non-hydrogen) atoms. The molecule has 0 heterocycles. The van der Waals surface area contributed by atoms with E-state index in [0.717, 1.165) is 16.7 Å². The second-order valence-corrected chi connectivity index (χ2v) is 10.2. The molecular weight excluding hydrogens is 483 g/mol. The number of carbonyl (C=O) groups excluding carboxylic acids is 2. The van der Waals surface area contributed by atoms with Crippen molar-refractivity contribution in [3.05, 3.63) is 95.8 Å². The van der Waals surface area contributed by atoms with Gasteiger partial charge in [-0.25, -0.2) is 4.39 Å². The number of rotatable bonds is 12. The Morgan fingerprint density at radius 1 is 0.895 bits per heavy atom. The van der Waals surface area contributed by atoms with Crippen molar-refractivity contribution in [1.82, 2.24) is 10.6 Å². The summed E-state index contributed by atoms with van der Waals surface area (Å²) < 4.78 is 13.3. The maximum absolute atomic E-state index is 13.4. The Hall–Kier alpha value is -4.00. The molecule has 2 atom stereocenters. The average Bonchev–Trinajstić information content (AvgIpc) is 2.89. The SMILES string of the molecule is CCC[C@@H](C[C@H](NC(=O)c1ccc(-c2ccccc2)cc1)C(=O)NC(C)(C)Cc1ccc(F)cc1)C(=O)O. The highest BCUT2D eigenvalue weighted by atomic mass is 19.1. The van der Waals surface area contributed by atoms with Crippen LogP contribution in [-0.2, 0) is 16.0 Å². The number of benzene rings is 3. The molecule has 0 aliphatic heterocycles. The van der Waals surface area contributed by atoms with Crippen LogP contribution >= 0.6 is 0 Å². The van der Waals surface area contributed by atoms with Crippen LogP contribution in [0.25, 0.3) is 11.1 Å². The van der Waals surface area contributed by atoms with E-state index in [9.17, 15) is 23.9 Å². The molecule has 0 fully saturated rings. The molecule has 3 rings (SSSR count). The van der Waals surface area contributed by atoms with E-state index in [1.54, 1.807) is 24.3 Å². The number of amides is 2. The molecule has 3 aromatic rings. The number of nitrogens with one attached hydrogen (secondary N) is 2. The molecule has 2 amide bonds. The second-order valence-electron chi connectivity index (χ2n) is 10.2. The lowest BCUT2D eigenvalue weighted by Crippen LogP contribution is -2.54. The Labute approximate surface area is 223 Å². The van der Waals surface area contributed by atoms with Crippen molar-refractivity contribution in [3.8, 4) is 11.1 Å². The summed E-state index contributed by atoms with van der Waals surface area (Å²) in [7, 11) is 0. The van der Waals surface area contributed by atoms with Crippen LogP contribution in [0.1, 0.15) is 56.0 Å². The molecule has 3 N–H and O–H groups in total. The third-order valence-electron chi connectivity index (χ3n) is 6.40. The van der Waals surface area contributed by atoms with Crippen LogP contribution < -0.4 is 10.6 Å². The van der Waals surface area contributed by atoms with Crippen molar-refractivity contribution < 1.29 is 23.9 Å². The van der Waals surface area contributed by atoms with Crippen LogP contribution in [-0.4, -0.2) is 34.5 Å². The number of aliphatic carboxylic acids is 1. The Morgan fingerprint density at radius 3 is 2.08 bits per heavy atom. The lowest BCUT2D eigenvalue weighted by atomic mass is 9.92. The predicted octanol–water partition coefficient (Wildman–Crippen LogP) is 5.62. The number of hydrogen-bond donors (Lipinski definition) is 3. The first-order chi connectivity index (χ1) is 18.1. The Balaban J connectivity index is 1.77. The van der Waals surface area contributed by atoms with Gasteiger partial charge in [-0.2, -0.15) is 0 Å². The fourth-order valence-corrected chi connectivity index (χ4v) is 4.47. The van der Waals surface area contributed by atoms with Crippen LogP contribution in [0, 0.1) is 11.7 Å². The lowest BCUT2D eigenvalue weighted by molar-refractivity contribution is -0.142. The van der Waals surface area contributed by atoms with Crippen LogP contribution in [0.2, 0.25) is 0 Å². The van der Waals surface area contributed by atoms with Crippen molar-refractivity contribution >= 4 is 17.8 Å². The van der Waals surface area contributed by atoms with Crippen molar-refractivity contribution in [3.63, 3.8) is 0 Å². The summed E-state index contributed by atoms with van der Waals surface area (Å²) in [4.78, 5) is 38.4. The van der Waals surface area contributed by atoms with E-state index >= 15 is 0 Å². The van der Waals surface area contributed by atoms with Gasteiger partial charge in [0.25, 0.3) is 5.91 Å². The van der Waals surface area contributed by atoms with Crippen LogP contribution in [0.5, 0.6) is 0 Å². The van der Waals surface area contributed by atoms with E-state index in [2.05, 4.69) is 10.6 Å². The molecule has 7 heteroatoms. The average molecular weight is 519 g/mol. The highest BCUT2D eigenvalue weighted by Gasteiger charge is 2.31. The largest absolute Gasteiger partial charge is 0.481 e. The standard InChI is InChI=1S/C31H35FN2O4/c1-4-8-25(30(37)38)19-27(29(36)34-31(2,3)20-21-11-17-26(32)18-12-21)33-28(35)24-15-13-23(14-16-24)22-9-6-5-7-10-22/h5-7,9-18,25,27H,4,8,19-20H2,1-3H3,(H,33,35)(H,34,36)(H,37,38)/t25-,27-/m0/s1. The molecule has 0 radical (unpaired) electrons. The summed E-state index contributed by atoms with van der Waals surface area (Å²) in [6, 6.07) is 21.8. The Bertz CT molecular complexity index is 1220. The zero-order valence-electron chi connectivity index (χ0n) is 22.0. The summed E-state index contributed by atoms with van der Waals surface area (Å²) in [5, 5.41) is 15.4. The molecule has 0 aliphatic carbocycles. The van der Waals surface area contributed by atoms with Gasteiger partial charge in [0.2, 0.25) is 5.91 Å². The summed E-state index contributed by atoms with van der Waals surface area (Å²) in [6.07, 6.45) is 1.42. The van der Waals surface area contributed by atoms with Crippen LogP contribution in [0.3, 0.4) is 0 Å². The highest BCUT2D eigenvalue weighted by molar-refractivity contribution is 5.98. The van der Waals surface area contributed by atoms with Gasteiger partial charge >= 0.3 is 5.97 Å². The minimum absolute atomic E-state index is 0.0323. The molecule has 0 spiro atoms. The molecule has 0 aliphatic rings. The van der Waals surface area contributed by atoms with Gasteiger partial charge in [-0.05, 0) is 74.1 Å². The number of carboxylic acids is 1. The van der Waals surface area contributed by atoms with Gasteiger partial charge in [0, 0.05) is 11.1 Å². The van der Waals surface area contributed by atoms with Crippen molar-refractivity contribution in [2.24, 2.45) is 5.92 Å². The number of hydrogen-bond acceptors (Lipinski definition) is 3. The minimum atomic E-state index is -1.04. The first-order valence-electron chi connectivity index (χ1n) is 12.8. The molecular formula is C31H35FN2O4. The molecule has 0 unspecified atom stereocenters. The van der Waals surface area contributed by atoms with E-state index in [4.69, 9.17) is 0 Å². The molecule has 0 aromatic heterocycles. The first kappa shape index (κ1) is 28.6. The maximum Gasteiger partial charge on any atom is 0.306 e. The predicted molar refractivity (Wildman–Crippen MR) is 146 cm³/mol. The highest BCUT2D eigenvalue weighted by Crippen LogP contribution is 2.21. The molecule has 200 valence electrons. The van der Waals surface area contributed by atoms with Crippen LogP contribution in [0.4, 0.5) is 4.39 Å². The molecule has 0 saturated carbocycles. The smallest absolute Gasteiger partial charge is 0.306 e. The van der Waals surface area contributed by atoms with Gasteiger partial charge in [0.1, 0.15) is 11.9 Å². The van der Waals surface area contributed by atoms with Crippen LogP contribution in [0.15, 0.2) is 78.9 Å². The number of carbonyl (C=O) groups is 3. The van der Waals surface area contributed by atoms with Gasteiger partial charge in [-0.15, -0.1) is 0 Å². The van der Waals surface area contributed by atoms with Gasteiger partial charge in [-0.3, -0.25) is 14.4 Å². The molecule has 3 aromatic carbocycles. The van der Waals surface area contributed by atoms with Crippen molar-refractivity contribution in [2.45, 2.75) is 58.0 Å². The number of carboxylic acid groups (broad SMARTS) is 1. The molecule has 0 saturated heterocycles. The fraction of sp³-hybridized carbons (Fsp3) is 0.323. The Kier molecular flexibility index (Phi) is 9.77. The summed E-state index contributed by atoms with van der Waals surface area (Å²) in [6.45, 7) is 5.54. The molecule has 0 bridgehead atoms. The van der Waals surface area contributed by atoms with E-state index in [1.807, 2.05) is 63.2 Å². The monoisotopic (exact) mass is 518 g/mol. The zero-order valence-corrected chi connectivity index (χ0v) is 22.0. The van der Waals surface area contributed by atoms with E-state index < -0.39 is 35.3 Å². The normalized spacial score (nSPS) is 12.8. The van der Waals surface area contributed by atoms with Gasteiger partial charge in [0.15, 0.2) is 0 Å². The third kappa shape index (κ3) is 8.26. The fourth-order valence-electron chi connectivity index (χ4n) is 4.47. The summed E-state index contributed by atoms with van der Waals surface area (Å²) in [5.74, 6) is -3.05. The van der Waals surface area contributed by atoms with Crippen molar-refractivity contribution in [2.75, 3.05) is 0 Å². The Morgan fingerprint density at radius 2 is 1.50 bits per heavy atom. The summed E-state index contributed by atoms with van der Waals surface area (Å²) in [5.41, 5.74) is 2.45. The summed E-state index contributed by atoms with van der Waals surface area (Å²) >= 11 is 0. The molecule has 6 nitrogen and oxygen atoms in total. The quantitative estimate of drug-likeness (QED) is 0.290. The van der Waals surface area contributed by atoms with E-state index in [0.29, 0.717) is 24.8 Å². The van der Waals surface area contributed by atoms with E-state index in [1.165, 1.54) is 12.1 Å². The van der Waals surface area contributed by atoms with Crippen molar-refractivity contribution in [1.29, 1.82) is 0 Å². The van der Waals surface area contributed by atoms with Gasteiger partial charge in [0.05, 0.1) is 5.92 Å². The second kappa shape index (κ2) is 13.0. The van der Waals surface area contributed by atoms with Gasteiger partial charge in [-0.1, -0.05) is 67.9 Å². The first-order valence-corrected chi connectivity index (χ1v) is 12.8. The maximum atomic E-state index is 13.4. The lowest BCUT2D eigenvalue weighted by Gasteiger charge is -2.30. The number of halogens is 1. The minimum Gasteiger partial charge on any atom is -0.481 e.